The van der Waals surface area contributed by atoms with Gasteiger partial charge in [0.25, 0.3) is 0 Å². The fourth-order valence-electron chi connectivity index (χ4n) is 0.196. The van der Waals surface area contributed by atoms with Gasteiger partial charge in [-0.05, 0) is 0 Å². The monoisotopic (exact) mass is 179 g/mol. The maximum absolute atomic E-state index is 7.12. The minimum Gasteiger partial charge on any atom is -0.304 e. The molecule has 0 unspecified atom stereocenters. The molecule has 1 rings (SSSR count). The smallest absolute Gasteiger partial charge is 0.124 e. The molecule has 1 aromatic heterocycles. The van der Waals surface area contributed by atoms with Gasteiger partial charge in [-0.15, -0.1) is 5.38 Å². The molecule has 1 heterocycles. The fourth-order valence-corrected chi connectivity index (χ4v) is 0.589. The standard InChI is InChI=1S/C4H3S.CN.Cu.Li/c1-2-4-5-3-1;1-2;;/h1-3H;;;/q2*-1;;+1. The van der Waals surface area contributed by atoms with E-state index < -0.39 is 0 Å². The Morgan fingerprint density at radius 3 is 2.33 bits per heavy atom. The largest absolute Gasteiger partial charge is 0.304 e. The minimum absolute atomic E-state index is 0. The topological polar surface area (TPSA) is 22.3 Å². The van der Waals surface area contributed by atoms with E-state index in [1.807, 2.05) is 17.5 Å². The summed E-state index contributed by atoms with van der Waals surface area (Å²) in [6, 6.07) is 3.86. The summed E-state index contributed by atoms with van der Waals surface area (Å²) in [6.45, 7) is 0. The Labute approximate surface area is 78.5 Å². The van der Waals surface area contributed by atoms with Crippen LogP contribution in [0.5, 0.6) is 0 Å². The molecule has 0 aliphatic carbocycles. The van der Waals surface area contributed by atoms with Gasteiger partial charge in [-0.1, -0.05) is 0 Å². The van der Waals surface area contributed by atoms with Crippen molar-refractivity contribution in [2.24, 2.45) is 0 Å². The first kappa shape index (κ1) is 12.1. The Morgan fingerprint density at radius 2 is 2.22 bits per heavy atom. The van der Waals surface area contributed by atoms with Gasteiger partial charge >= 0.3 is 44.6 Å². The van der Waals surface area contributed by atoms with Crippen molar-refractivity contribution in [1.29, 1.82) is 0 Å². The SMILES string of the molecule is [Li+].[N-]=[C]=[Cu].[c-]1cccs1. The molecule has 0 spiro atoms. The van der Waals surface area contributed by atoms with Gasteiger partial charge in [0.2, 0.25) is 0 Å². The summed E-state index contributed by atoms with van der Waals surface area (Å²) < 4.78 is 1.31. The van der Waals surface area contributed by atoms with Gasteiger partial charge < -0.3 is 11.3 Å². The van der Waals surface area contributed by atoms with Crippen molar-refractivity contribution >= 4 is 16.1 Å². The third kappa shape index (κ3) is 11.8. The maximum Gasteiger partial charge on any atom is -0.124 e. The van der Waals surface area contributed by atoms with Crippen LogP contribution in [-0.4, -0.2) is 4.71 Å². The third-order valence-corrected chi connectivity index (χ3v) is 0.944. The summed E-state index contributed by atoms with van der Waals surface area (Å²) in [5, 5.41) is 12.0. The molecule has 4 heteroatoms. The zero-order valence-corrected chi connectivity index (χ0v) is 6.65. The summed E-state index contributed by atoms with van der Waals surface area (Å²) in [6.07, 6.45) is 0. The van der Waals surface area contributed by atoms with Crippen LogP contribution in [0.25, 0.3) is 5.41 Å². The van der Waals surface area contributed by atoms with Gasteiger partial charge in [0, 0.05) is 0 Å². The van der Waals surface area contributed by atoms with Gasteiger partial charge in [0.05, 0.1) is 0 Å². The number of hydrogen-bond acceptors (Lipinski definition) is 1. The summed E-state index contributed by atoms with van der Waals surface area (Å²) >= 11 is 5.40. The van der Waals surface area contributed by atoms with Crippen LogP contribution in [0.4, 0.5) is 0 Å². The first-order chi connectivity index (χ1) is 3.91. The quantitative estimate of drug-likeness (QED) is 0.265. The Kier molecular flexibility index (Phi) is 15.1. The Bertz CT molecular complexity index is 129. The van der Waals surface area contributed by atoms with Crippen molar-refractivity contribution < 1.29 is 34.4 Å². The van der Waals surface area contributed by atoms with E-state index in [0.717, 1.165) is 0 Å². The van der Waals surface area contributed by atoms with Crippen LogP contribution in [0.15, 0.2) is 17.5 Å². The van der Waals surface area contributed by atoms with Crippen LogP contribution in [0.1, 0.15) is 0 Å². The first-order valence-electron chi connectivity index (χ1n) is 1.77. The average molecular weight is 180 g/mol. The zero-order chi connectivity index (χ0) is 6.24. The Hall–Kier alpha value is 0.397. The van der Waals surface area contributed by atoms with Crippen LogP contribution in [0, 0.1) is 5.38 Å². The van der Waals surface area contributed by atoms with Gasteiger partial charge in [-0.3, -0.25) is 0 Å². The molecule has 9 heavy (non-hydrogen) atoms. The Balaban J connectivity index is 0. The van der Waals surface area contributed by atoms with Crippen molar-refractivity contribution in [1.82, 2.24) is 0 Å². The van der Waals surface area contributed by atoms with E-state index in [1.54, 1.807) is 11.3 Å². The van der Waals surface area contributed by atoms with Gasteiger partial charge in [0.15, 0.2) is 0 Å². The molecule has 0 N–H and O–H groups in total. The van der Waals surface area contributed by atoms with Crippen molar-refractivity contribution in [3.05, 3.63) is 28.3 Å². The van der Waals surface area contributed by atoms with E-state index in [9.17, 15) is 0 Å². The van der Waals surface area contributed by atoms with Crippen LogP contribution in [0.2, 0.25) is 0 Å². The van der Waals surface area contributed by atoms with Crippen LogP contribution >= 0.6 is 11.3 Å². The van der Waals surface area contributed by atoms with Crippen molar-refractivity contribution in [2.45, 2.75) is 0 Å². The number of nitrogens with zero attached hydrogens (tertiary/aromatic N) is 1. The summed E-state index contributed by atoms with van der Waals surface area (Å²) in [5.74, 6) is 0. The molecule has 0 bridgehead atoms. The molecule has 47 valence electrons. The molecule has 1 aromatic rings. The molecule has 0 saturated heterocycles. The molecule has 0 atom stereocenters. The normalized spacial score (nSPS) is 5.56. The van der Waals surface area contributed by atoms with E-state index in [4.69, 9.17) is 5.41 Å². The zero-order valence-electron chi connectivity index (χ0n) is 4.89. The minimum atomic E-state index is 0. The van der Waals surface area contributed by atoms with E-state index in [2.05, 4.69) is 21.0 Å². The molecule has 0 fully saturated rings. The maximum atomic E-state index is 7.12. The molecular formula is C5H3CuLiNS-. The van der Waals surface area contributed by atoms with Crippen LogP contribution in [0.3, 0.4) is 0 Å². The van der Waals surface area contributed by atoms with Gasteiger partial charge in [0.1, 0.15) is 0 Å². The summed E-state index contributed by atoms with van der Waals surface area (Å²) in [4.78, 5) is 0. The Morgan fingerprint density at radius 1 is 1.67 bits per heavy atom. The fraction of sp³-hybridized carbons (Fsp3) is 0. The summed E-state index contributed by atoms with van der Waals surface area (Å²) in [7, 11) is 0. The van der Waals surface area contributed by atoms with Crippen molar-refractivity contribution in [3.8, 4) is 0 Å². The number of thiophene rings is 1. The van der Waals surface area contributed by atoms with Crippen molar-refractivity contribution in [3.63, 3.8) is 0 Å². The molecule has 0 saturated carbocycles. The second-order valence-electron chi connectivity index (χ2n) is 0.798. The van der Waals surface area contributed by atoms with Crippen molar-refractivity contribution in [2.75, 3.05) is 0 Å². The molecule has 0 amide bonds. The number of hydrogen-bond donors (Lipinski definition) is 0. The van der Waals surface area contributed by atoms with E-state index >= 15 is 0 Å². The summed E-state index contributed by atoms with van der Waals surface area (Å²) in [5.41, 5.74) is 0. The van der Waals surface area contributed by atoms with Crippen LogP contribution in [-0.2, 0) is 15.6 Å². The predicted octanol–water partition coefficient (Wildman–Crippen LogP) is -1.44. The van der Waals surface area contributed by atoms with Gasteiger partial charge in [-0.25, -0.2) is 6.07 Å². The predicted molar refractivity (Wildman–Crippen MR) is 31.5 cm³/mol. The molecule has 0 radical (unpaired) electrons. The van der Waals surface area contributed by atoms with E-state index in [1.165, 1.54) is 4.71 Å². The second-order valence-corrected chi connectivity index (χ2v) is 1.75. The molecular weight excluding hydrogens is 177 g/mol. The molecule has 1 nitrogen and oxygen atoms in total. The molecule has 0 aliphatic heterocycles. The second kappa shape index (κ2) is 11.2. The number of rotatable bonds is 0. The molecule has 0 aromatic carbocycles. The first-order valence-corrected chi connectivity index (χ1v) is 3.12. The van der Waals surface area contributed by atoms with E-state index in [-0.39, 0.29) is 18.9 Å². The third-order valence-electron chi connectivity index (χ3n) is 0.379. The molecule has 0 aliphatic rings. The average Bonchev–Trinajstić information content (AvgIpc) is 2.17. The van der Waals surface area contributed by atoms with E-state index in [0.29, 0.717) is 0 Å². The van der Waals surface area contributed by atoms with Gasteiger partial charge in [-0.2, -0.15) is 11.4 Å². The van der Waals surface area contributed by atoms with Crippen LogP contribution < -0.4 is 18.9 Å².